The van der Waals surface area contributed by atoms with Gasteiger partial charge in [-0.15, -0.1) is 0 Å². The number of aliphatic hydroxyl groups is 1. The van der Waals surface area contributed by atoms with Gasteiger partial charge in [-0.3, -0.25) is 4.90 Å². The lowest BCUT2D eigenvalue weighted by molar-refractivity contribution is 0.0471. The molecule has 1 fully saturated rings. The summed E-state index contributed by atoms with van der Waals surface area (Å²) in [5.74, 6) is -0.732. The Labute approximate surface area is 87.1 Å². The van der Waals surface area contributed by atoms with Crippen LogP contribution in [0.5, 0.6) is 0 Å². The van der Waals surface area contributed by atoms with E-state index in [1.54, 1.807) is 0 Å². The predicted molar refractivity (Wildman–Crippen MR) is 52.2 cm³/mol. The molecule has 1 aliphatic heterocycles. The van der Waals surface area contributed by atoms with Crippen LogP contribution in [0.1, 0.15) is 5.56 Å². The average Bonchev–Trinajstić information content (AvgIpc) is 2.13. The van der Waals surface area contributed by atoms with E-state index in [9.17, 15) is 8.78 Å². The molecular weight excluding hydrogens is 200 g/mol. The SMILES string of the molecule is OCC1CN(Cc2ccc(F)cc2F)C1. The quantitative estimate of drug-likeness (QED) is 0.820. The number of likely N-dealkylation sites (tertiary alicyclic amines) is 1. The predicted octanol–water partition coefficient (Wildman–Crippen LogP) is 1.39. The summed E-state index contributed by atoms with van der Waals surface area (Å²) < 4.78 is 25.8. The summed E-state index contributed by atoms with van der Waals surface area (Å²) in [4.78, 5) is 2.03. The number of nitrogens with zero attached hydrogens (tertiary/aromatic N) is 1. The number of benzene rings is 1. The van der Waals surface area contributed by atoms with Gasteiger partial charge in [0.2, 0.25) is 0 Å². The van der Waals surface area contributed by atoms with Gasteiger partial charge in [0.05, 0.1) is 0 Å². The number of rotatable bonds is 3. The van der Waals surface area contributed by atoms with Crippen LogP contribution in [-0.4, -0.2) is 29.7 Å². The Bertz CT molecular complexity index is 350. The average molecular weight is 213 g/mol. The summed E-state index contributed by atoms with van der Waals surface area (Å²) in [6.45, 7) is 2.24. The maximum absolute atomic E-state index is 13.2. The highest BCUT2D eigenvalue weighted by Gasteiger charge is 2.26. The molecule has 1 aliphatic rings. The van der Waals surface area contributed by atoms with Gasteiger partial charge in [-0.1, -0.05) is 6.07 Å². The highest BCUT2D eigenvalue weighted by atomic mass is 19.1. The second-order valence-corrected chi connectivity index (χ2v) is 3.98. The van der Waals surface area contributed by atoms with Gasteiger partial charge in [0.15, 0.2) is 0 Å². The van der Waals surface area contributed by atoms with Crippen LogP contribution in [0.15, 0.2) is 18.2 Å². The first-order valence-corrected chi connectivity index (χ1v) is 4.96. The van der Waals surface area contributed by atoms with E-state index in [0.29, 0.717) is 18.0 Å². The van der Waals surface area contributed by atoms with E-state index >= 15 is 0 Å². The van der Waals surface area contributed by atoms with Crippen LogP contribution in [0.25, 0.3) is 0 Å². The molecule has 4 heteroatoms. The number of hydrogen-bond donors (Lipinski definition) is 1. The summed E-state index contributed by atoms with van der Waals surface area (Å²) in [5, 5.41) is 8.81. The molecule has 82 valence electrons. The van der Waals surface area contributed by atoms with Crippen LogP contribution in [0, 0.1) is 17.6 Å². The van der Waals surface area contributed by atoms with E-state index < -0.39 is 11.6 Å². The topological polar surface area (TPSA) is 23.5 Å². The van der Waals surface area contributed by atoms with Crippen LogP contribution in [0.2, 0.25) is 0 Å². The monoisotopic (exact) mass is 213 g/mol. The summed E-state index contributed by atoms with van der Waals surface area (Å²) in [6.07, 6.45) is 0. The summed E-state index contributed by atoms with van der Waals surface area (Å²) in [6, 6.07) is 3.64. The molecule has 1 heterocycles. The van der Waals surface area contributed by atoms with Gasteiger partial charge in [-0.25, -0.2) is 8.78 Å². The van der Waals surface area contributed by atoms with Crippen molar-refractivity contribution >= 4 is 0 Å². The van der Waals surface area contributed by atoms with E-state index in [-0.39, 0.29) is 6.61 Å². The highest BCUT2D eigenvalue weighted by Crippen LogP contribution is 2.19. The van der Waals surface area contributed by atoms with Crippen LogP contribution in [0.4, 0.5) is 8.78 Å². The molecule has 0 aliphatic carbocycles. The third-order valence-corrected chi connectivity index (χ3v) is 2.70. The van der Waals surface area contributed by atoms with Gasteiger partial charge in [0.25, 0.3) is 0 Å². The Hall–Kier alpha value is -1.00. The maximum atomic E-state index is 13.2. The van der Waals surface area contributed by atoms with Crippen LogP contribution in [0.3, 0.4) is 0 Å². The zero-order valence-corrected chi connectivity index (χ0v) is 8.29. The van der Waals surface area contributed by atoms with Crippen molar-refractivity contribution in [1.29, 1.82) is 0 Å². The van der Waals surface area contributed by atoms with Gasteiger partial charge < -0.3 is 5.11 Å². The Morgan fingerprint density at radius 1 is 1.33 bits per heavy atom. The molecule has 0 aromatic heterocycles. The van der Waals surface area contributed by atoms with Crippen molar-refractivity contribution in [2.75, 3.05) is 19.7 Å². The standard InChI is InChI=1S/C11H13F2NO/c12-10-2-1-9(11(13)3-10)6-14-4-8(5-14)7-15/h1-3,8,15H,4-7H2. The molecule has 0 amide bonds. The van der Waals surface area contributed by atoms with Crippen molar-refractivity contribution < 1.29 is 13.9 Å². The van der Waals surface area contributed by atoms with E-state index in [1.807, 2.05) is 4.90 Å². The summed E-state index contributed by atoms with van der Waals surface area (Å²) in [7, 11) is 0. The van der Waals surface area contributed by atoms with Crippen LogP contribution >= 0.6 is 0 Å². The molecule has 2 rings (SSSR count). The summed E-state index contributed by atoms with van der Waals surface area (Å²) in [5.41, 5.74) is 0.507. The smallest absolute Gasteiger partial charge is 0.130 e. The summed E-state index contributed by atoms with van der Waals surface area (Å²) >= 11 is 0. The molecule has 1 aromatic carbocycles. The zero-order chi connectivity index (χ0) is 10.8. The van der Waals surface area contributed by atoms with E-state index in [2.05, 4.69) is 0 Å². The van der Waals surface area contributed by atoms with Gasteiger partial charge >= 0.3 is 0 Å². The van der Waals surface area contributed by atoms with Gasteiger partial charge in [0, 0.05) is 43.8 Å². The molecular formula is C11H13F2NO. The number of halogens is 2. The van der Waals surface area contributed by atoms with Crippen LogP contribution in [-0.2, 0) is 6.54 Å². The number of hydrogen-bond acceptors (Lipinski definition) is 2. The molecule has 0 unspecified atom stereocenters. The highest BCUT2D eigenvalue weighted by molar-refractivity contribution is 5.18. The lowest BCUT2D eigenvalue weighted by Crippen LogP contribution is -2.47. The van der Waals surface area contributed by atoms with Crippen molar-refractivity contribution in [2.24, 2.45) is 5.92 Å². The fourth-order valence-corrected chi connectivity index (χ4v) is 1.81. The van der Waals surface area contributed by atoms with Crippen molar-refractivity contribution in [3.8, 4) is 0 Å². The molecule has 0 radical (unpaired) electrons. The Balaban J connectivity index is 1.94. The molecule has 2 nitrogen and oxygen atoms in total. The second kappa shape index (κ2) is 4.24. The minimum atomic E-state index is -0.548. The molecule has 1 aromatic rings. The molecule has 0 bridgehead atoms. The molecule has 0 atom stereocenters. The minimum absolute atomic E-state index is 0.183. The number of aliphatic hydroxyl groups excluding tert-OH is 1. The van der Waals surface area contributed by atoms with Crippen molar-refractivity contribution in [3.63, 3.8) is 0 Å². The molecule has 15 heavy (non-hydrogen) atoms. The molecule has 0 spiro atoms. The lowest BCUT2D eigenvalue weighted by Gasteiger charge is -2.38. The fraction of sp³-hybridized carbons (Fsp3) is 0.455. The first kappa shape index (κ1) is 10.5. The zero-order valence-electron chi connectivity index (χ0n) is 8.29. The normalized spacial score (nSPS) is 17.8. The Morgan fingerprint density at radius 3 is 2.67 bits per heavy atom. The van der Waals surface area contributed by atoms with Crippen molar-refractivity contribution in [2.45, 2.75) is 6.54 Å². The molecule has 1 saturated heterocycles. The first-order chi connectivity index (χ1) is 7.19. The molecule has 1 N–H and O–H groups in total. The van der Waals surface area contributed by atoms with E-state index in [4.69, 9.17) is 5.11 Å². The van der Waals surface area contributed by atoms with Crippen molar-refractivity contribution in [1.82, 2.24) is 4.90 Å². The molecule has 0 saturated carbocycles. The van der Waals surface area contributed by atoms with Crippen molar-refractivity contribution in [3.05, 3.63) is 35.4 Å². The van der Waals surface area contributed by atoms with Gasteiger partial charge in [-0.05, 0) is 6.07 Å². The fourth-order valence-electron chi connectivity index (χ4n) is 1.81. The van der Waals surface area contributed by atoms with Gasteiger partial charge in [-0.2, -0.15) is 0 Å². The van der Waals surface area contributed by atoms with E-state index in [1.165, 1.54) is 12.1 Å². The second-order valence-electron chi connectivity index (χ2n) is 3.98. The van der Waals surface area contributed by atoms with Crippen LogP contribution < -0.4 is 0 Å². The van der Waals surface area contributed by atoms with E-state index in [0.717, 1.165) is 19.2 Å². The van der Waals surface area contributed by atoms with Gasteiger partial charge in [0.1, 0.15) is 11.6 Å². The third-order valence-electron chi connectivity index (χ3n) is 2.70. The minimum Gasteiger partial charge on any atom is -0.396 e. The first-order valence-electron chi connectivity index (χ1n) is 4.96. The third kappa shape index (κ3) is 2.33. The lowest BCUT2D eigenvalue weighted by atomic mass is 10.0. The Morgan fingerprint density at radius 2 is 2.07 bits per heavy atom. The maximum Gasteiger partial charge on any atom is 0.130 e. The Kier molecular flexibility index (Phi) is 2.98. The largest absolute Gasteiger partial charge is 0.396 e.